The van der Waals surface area contributed by atoms with E-state index < -0.39 is 0 Å². The number of anilines is 1. The fourth-order valence-corrected chi connectivity index (χ4v) is 4.23. The topological polar surface area (TPSA) is 62.8 Å². The minimum absolute atomic E-state index is 0.0612. The van der Waals surface area contributed by atoms with Crippen LogP contribution in [0.4, 0.5) is 10.5 Å². The number of urea groups is 1. The number of amides is 2. The summed E-state index contributed by atoms with van der Waals surface area (Å²) in [5.41, 5.74) is 2.75. The van der Waals surface area contributed by atoms with Gasteiger partial charge in [0.05, 0.1) is 13.2 Å². The van der Waals surface area contributed by atoms with Crippen LogP contribution in [0.15, 0.2) is 78.9 Å². The molecule has 172 valence electrons. The Bertz CT molecular complexity index is 1040. The lowest BCUT2D eigenvalue weighted by molar-refractivity contribution is 0.224. The largest absolute Gasteiger partial charge is 0.496 e. The lowest BCUT2D eigenvalue weighted by atomic mass is 10.0. The van der Waals surface area contributed by atoms with Crippen LogP contribution in [-0.2, 0) is 6.61 Å². The molecule has 3 aromatic rings. The van der Waals surface area contributed by atoms with Crippen LogP contribution in [0.1, 0.15) is 30.0 Å². The SMILES string of the molecule is COc1ccccc1C(CNC(=O)Nc1ccccc1COc1ccccc1)N1CCCC1. The zero-order chi connectivity index (χ0) is 22.9. The monoisotopic (exact) mass is 445 g/mol. The maximum absolute atomic E-state index is 12.8. The summed E-state index contributed by atoms with van der Waals surface area (Å²) in [7, 11) is 1.69. The van der Waals surface area contributed by atoms with Gasteiger partial charge in [-0.1, -0.05) is 54.6 Å². The van der Waals surface area contributed by atoms with Gasteiger partial charge >= 0.3 is 6.03 Å². The highest BCUT2D eigenvalue weighted by Gasteiger charge is 2.26. The predicted octanol–water partition coefficient (Wildman–Crippen LogP) is 5.23. The summed E-state index contributed by atoms with van der Waals surface area (Å²) in [4.78, 5) is 15.2. The van der Waals surface area contributed by atoms with E-state index in [4.69, 9.17) is 9.47 Å². The number of hydrogen-bond donors (Lipinski definition) is 2. The zero-order valence-electron chi connectivity index (χ0n) is 19.0. The highest BCUT2D eigenvalue weighted by Crippen LogP contribution is 2.31. The summed E-state index contributed by atoms with van der Waals surface area (Å²) in [5.74, 6) is 1.64. The van der Waals surface area contributed by atoms with E-state index in [0.717, 1.165) is 41.4 Å². The first-order valence-electron chi connectivity index (χ1n) is 11.4. The second kappa shape index (κ2) is 11.4. The third-order valence-electron chi connectivity index (χ3n) is 5.94. The van der Waals surface area contributed by atoms with Gasteiger partial charge in [-0.2, -0.15) is 0 Å². The minimum atomic E-state index is -0.235. The fourth-order valence-electron chi connectivity index (χ4n) is 4.23. The van der Waals surface area contributed by atoms with Crippen molar-refractivity contribution < 1.29 is 14.3 Å². The molecule has 0 bridgehead atoms. The molecule has 0 saturated carbocycles. The molecular formula is C27H31N3O3. The number of carbonyl (C=O) groups excluding carboxylic acids is 1. The third kappa shape index (κ3) is 6.05. The number of likely N-dealkylation sites (tertiary alicyclic amines) is 1. The Morgan fingerprint density at radius 2 is 1.64 bits per heavy atom. The molecule has 3 aromatic carbocycles. The molecule has 2 amide bonds. The number of hydrogen-bond acceptors (Lipinski definition) is 4. The molecule has 0 radical (unpaired) electrons. The van der Waals surface area contributed by atoms with Gasteiger partial charge < -0.3 is 20.1 Å². The van der Waals surface area contributed by atoms with Crippen LogP contribution in [0.25, 0.3) is 0 Å². The van der Waals surface area contributed by atoms with Crippen LogP contribution >= 0.6 is 0 Å². The predicted molar refractivity (Wildman–Crippen MR) is 131 cm³/mol. The molecule has 0 spiro atoms. The first-order chi connectivity index (χ1) is 16.2. The number of carbonyl (C=O) groups is 1. The number of rotatable bonds is 9. The second-order valence-electron chi connectivity index (χ2n) is 8.09. The summed E-state index contributed by atoms with van der Waals surface area (Å²) >= 11 is 0. The number of ether oxygens (including phenoxy) is 2. The molecule has 1 heterocycles. The van der Waals surface area contributed by atoms with E-state index in [0.29, 0.717) is 13.2 Å². The Hall–Kier alpha value is -3.51. The molecule has 6 nitrogen and oxygen atoms in total. The summed E-state index contributed by atoms with van der Waals surface area (Å²) < 4.78 is 11.5. The first kappa shape index (κ1) is 22.7. The molecule has 6 heteroatoms. The summed E-state index contributed by atoms with van der Waals surface area (Å²) in [6.45, 7) is 2.91. The smallest absolute Gasteiger partial charge is 0.319 e. The number of nitrogens with zero attached hydrogens (tertiary/aromatic N) is 1. The van der Waals surface area contributed by atoms with E-state index in [1.807, 2.05) is 72.8 Å². The molecule has 1 fully saturated rings. The van der Waals surface area contributed by atoms with E-state index >= 15 is 0 Å². The van der Waals surface area contributed by atoms with Crippen molar-refractivity contribution in [1.29, 1.82) is 0 Å². The fraction of sp³-hybridized carbons (Fsp3) is 0.296. The maximum Gasteiger partial charge on any atom is 0.319 e. The van der Waals surface area contributed by atoms with Crippen molar-refractivity contribution in [2.24, 2.45) is 0 Å². The summed E-state index contributed by atoms with van der Waals surface area (Å²) in [5, 5.41) is 6.06. The van der Waals surface area contributed by atoms with E-state index in [1.165, 1.54) is 12.8 Å². The van der Waals surface area contributed by atoms with Crippen molar-refractivity contribution in [2.45, 2.75) is 25.5 Å². The molecule has 33 heavy (non-hydrogen) atoms. The molecule has 1 aliphatic heterocycles. The second-order valence-corrected chi connectivity index (χ2v) is 8.09. The van der Waals surface area contributed by atoms with Crippen molar-refractivity contribution in [2.75, 3.05) is 32.1 Å². The number of nitrogens with one attached hydrogen (secondary N) is 2. The van der Waals surface area contributed by atoms with Gasteiger partial charge in [-0.15, -0.1) is 0 Å². The van der Waals surface area contributed by atoms with Crippen molar-refractivity contribution in [1.82, 2.24) is 10.2 Å². The molecule has 0 aliphatic carbocycles. The lowest BCUT2D eigenvalue weighted by Gasteiger charge is -2.29. The maximum atomic E-state index is 12.8. The van der Waals surface area contributed by atoms with Crippen LogP contribution in [0.5, 0.6) is 11.5 Å². The van der Waals surface area contributed by atoms with Crippen molar-refractivity contribution in [3.63, 3.8) is 0 Å². The van der Waals surface area contributed by atoms with Gasteiger partial charge in [-0.05, 0) is 50.2 Å². The van der Waals surface area contributed by atoms with Gasteiger partial charge in [0.15, 0.2) is 0 Å². The van der Waals surface area contributed by atoms with Crippen LogP contribution in [-0.4, -0.2) is 37.7 Å². The molecule has 1 atom stereocenters. The van der Waals surface area contributed by atoms with Crippen molar-refractivity contribution in [3.05, 3.63) is 90.0 Å². The highest BCUT2D eigenvalue weighted by atomic mass is 16.5. The Labute approximate surface area is 195 Å². The Morgan fingerprint density at radius 3 is 2.42 bits per heavy atom. The van der Waals surface area contributed by atoms with Gasteiger partial charge in [0.25, 0.3) is 0 Å². The highest BCUT2D eigenvalue weighted by molar-refractivity contribution is 5.90. The quantitative estimate of drug-likeness (QED) is 0.473. The van der Waals surface area contributed by atoms with E-state index in [-0.39, 0.29) is 12.1 Å². The van der Waals surface area contributed by atoms with Gasteiger partial charge in [-0.3, -0.25) is 4.90 Å². The first-order valence-corrected chi connectivity index (χ1v) is 11.4. The Kier molecular flexibility index (Phi) is 7.82. The van der Waals surface area contributed by atoms with Crippen LogP contribution in [0.3, 0.4) is 0 Å². The standard InChI is InChI=1S/C27H31N3O3/c1-32-26-16-8-6-14-23(26)25(30-17-9-10-18-30)19-28-27(31)29-24-15-7-5-11-21(24)20-33-22-12-3-2-4-13-22/h2-8,11-16,25H,9-10,17-20H2,1H3,(H2,28,29,31). The van der Waals surface area contributed by atoms with Crippen molar-refractivity contribution >= 4 is 11.7 Å². The summed E-state index contributed by atoms with van der Waals surface area (Å²) in [6, 6.07) is 25.2. The normalized spacial score (nSPS) is 14.5. The molecule has 1 unspecified atom stereocenters. The van der Waals surface area contributed by atoms with Gasteiger partial charge in [0.1, 0.15) is 18.1 Å². The average Bonchev–Trinajstić information content (AvgIpc) is 3.39. The average molecular weight is 446 g/mol. The Morgan fingerprint density at radius 1 is 0.939 bits per heavy atom. The minimum Gasteiger partial charge on any atom is -0.496 e. The van der Waals surface area contributed by atoms with Gasteiger partial charge in [0, 0.05) is 23.4 Å². The molecule has 2 N–H and O–H groups in total. The van der Waals surface area contributed by atoms with Crippen molar-refractivity contribution in [3.8, 4) is 11.5 Å². The number of methoxy groups -OCH3 is 1. The van der Waals surface area contributed by atoms with E-state index in [9.17, 15) is 4.79 Å². The third-order valence-corrected chi connectivity index (χ3v) is 5.94. The molecule has 0 aromatic heterocycles. The van der Waals surface area contributed by atoms with E-state index in [1.54, 1.807) is 7.11 Å². The molecular weight excluding hydrogens is 414 g/mol. The molecule has 1 aliphatic rings. The molecule has 1 saturated heterocycles. The number of para-hydroxylation sites is 3. The Balaban J connectivity index is 1.40. The van der Waals surface area contributed by atoms with Gasteiger partial charge in [-0.25, -0.2) is 4.79 Å². The van der Waals surface area contributed by atoms with Crippen LogP contribution in [0.2, 0.25) is 0 Å². The van der Waals surface area contributed by atoms with E-state index in [2.05, 4.69) is 21.6 Å². The van der Waals surface area contributed by atoms with Crippen LogP contribution in [0, 0.1) is 0 Å². The number of benzene rings is 3. The summed E-state index contributed by atoms with van der Waals surface area (Å²) in [6.07, 6.45) is 2.35. The zero-order valence-corrected chi connectivity index (χ0v) is 19.0. The van der Waals surface area contributed by atoms with Gasteiger partial charge in [0.2, 0.25) is 0 Å². The van der Waals surface area contributed by atoms with Crippen LogP contribution < -0.4 is 20.1 Å². The molecule has 4 rings (SSSR count). The lowest BCUT2D eigenvalue weighted by Crippen LogP contribution is -2.38.